The van der Waals surface area contributed by atoms with E-state index in [-0.39, 0.29) is 17.3 Å². The minimum atomic E-state index is -0.514. The van der Waals surface area contributed by atoms with Gasteiger partial charge in [-0.25, -0.2) is 4.39 Å². The van der Waals surface area contributed by atoms with Crippen molar-refractivity contribution in [3.8, 4) is 11.4 Å². The Morgan fingerprint density at radius 3 is 2.55 bits per heavy atom. The Kier molecular flexibility index (Phi) is 3.44. The molecule has 0 saturated carbocycles. The molecule has 0 amide bonds. The molecule has 8 nitrogen and oxygen atoms in total. The van der Waals surface area contributed by atoms with Crippen molar-refractivity contribution in [2.75, 3.05) is 5.32 Å². The molecule has 0 spiro atoms. The standard InChI is InChI=1S/C13H9FN6O2/c14-9-1-3-10(4-2-9)15-11-5-8(13-16-18-19-17-13)6-12(7-11)20(21)22/h1-7,15H,(H,16,17,18,19). The SMILES string of the molecule is O=[N+]([O-])c1cc(Nc2ccc(F)cc2)cc(-c2nn[nH]n2)c1. The number of aromatic nitrogens is 4. The van der Waals surface area contributed by atoms with Crippen LogP contribution in [-0.4, -0.2) is 25.5 Å². The first-order chi connectivity index (χ1) is 10.6. The van der Waals surface area contributed by atoms with Crippen LogP contribution in [0.3, 0.4) is 0 Å². The summed E-state index contributed by atoms with van der Waals surface area (Å²) in [6.45, 7) is 0. The van der Waals surface area contributed by atoms with E-state index in [0.717, 1.165) is 0 Å². The molecule has 0 aliphatic heterocycles. The predicted molar refractivity (Wildman–Crippen MR) is 76.0 cm³/mol. The number of hydrogen-bond donors (Lipinski definition) is 2. The molecule has 0 aliphatic carbocycles. The zero-order valence-electron chi connectivity index (χ0n) is 11.0. The Balaban J connectivity index is 1.99. The molecular formula is C13H9FN6O2. The van der Waals surface area contributed by atoms with E-state index in [1.54, 1.807) is 6.07 Å². The van der Waals surface area contributed by atoms with Crippen LogP contribution in [0, 0.1) is 15.9 Å². The molecular weight excluding hydrogens is 291 g/mol. The summed E-state index contributed by atoms with van der Waals surface area (Å²) in [4.78, 5) is 10.5. The normalized spacial score (nSPS) is 10.4. The number of anilines is 2. The monoisotopic (exact) mass is 300 g/mol. The average molecular weight is 300 g/mol. The number of nitrogens with zero attached hydrogens (tertiary/aromatic N) is 4. The van der Waals surface area contributed by atoms with Gasteiger partial charge in [0.15, 0.2) is 0 Å². The quantitative estimate of drug-likeness (QED) is 0.566. The molecule has 1 heterocycles. The number of aromatic amines is 1. The highest BCUT2D eigenvalue weighted by Gasteiger charge is 2.13. The molecule has 3 aromatic rings. The van der Waals surface area contributed by atoms with Crippen LogP contribution < -0.4 is 5.32 Å². The molecule has 0 bridgehead atoms. The molecule has 1 aromatic heterocycles. The minimum Gasteiger partial charge on any atom is -0.355 e. The molecule has 0 radical (unpaired) electrons. The van der Waals surface area contributed by atoms with Gasteiger partial charge in [0.1, 0.15) is 5.82 Å². The smallest absolute Gasteiger partial charge is 0.272 e. The van der Waals surface area contributed by atoms with Crippen LogP contribution in [0.5, 0.6) is 0 Å². The molecule has 9 heteroatoms. The van der Waals surface area contributed by atoms with Gasteiger partial charge in [-0.2, -0.15) is 5.21 Å². The molecule has 2 N–H and O–H groups in total. The second kappa shape index (κ2) is 5.56. The summed E-state index contributed by atoms with van der Waals surface area (Å²) in [5, 5.41) is 27.3. The number of tetrazole rings is 1. The molecule has 0 saturated heterocycles. The summed E-state index contributed by atoms with van der Waals surface area (Å²) in [5.41, 5.74) is 1.38. The molecule has 110 valence electrons. The lowest BCUT2D eigenvalue weighted by atomic mass is 10.1. The van der Waals surface area contributed by atoms with E-state index < -0.39 is 4.92 Å². The summed E-state index contributed by atoms with van der Waals surface area (Å²) in [7, 11) is 0. The van der Waals surface area contributed by atoms with Gasteiger partial charge in [-0.3, -0.25) is 10.1 Å². The maximum atomic E-state index is 12.9. The van der Waals surface area contributed by atoms with Crippen LogP contribution in [0.4, 0.5) is 21.5 Å². The maximum absolute atomic E-state index is 12.9. The van der Waals surface area contributed by atoms with E-state index in [0.29, 0.717) is 16.9 Å². The van der Waals surface area contributed by atoms with E-state index in [2.05, 4.69) is 25.9 Å². The number of rotatable bonds is 4. The van der Waals surface area contributed by atoms with Crippen molar-refractivity contribution >= 4 is 17.1 Å². The van der Waals surface area contributed by atoms with Crippen molar-refractivity contribution in [2.45, 2.75) is 0 Å². The third-order valence-corrected chi connectivity index (χ3v) is 2.87. The van der Waals surface area contributed by atoms with Gasteiger partial charge in [-0.05, 0) is 35.5 Å². The highest BCUT2D eigenvalue weighted by atomic mass is 19.1. The Hall–Kier alpha value is -3.36. The van der Waals surface area contributed by atoms with Crippen LogP contribution in [-0.2, 0) is 0 Å². The summed E-state index contributed by atoms with van der Waals surface area (Å²) in [6.07, 6.45) is 0. The lowest BCUT2D eigenvalue weighted by molar-refractivity contribution is -0.384. The van der Waals surface area contributed by atoms with Crippen molar-refractivity contribution in [1.82, 2.24) is 20.6 Å². The molecule has 2 aromatic carbocycles. The largest absolute Gasteiger partial charge is 0.355 e. The van der Waals surface area contributed by atoms with E-state index >= 15 is 0 Å². The van der Waals surface area contributed by atoms with Gasteiger partial charge < -0.3 is 5.32 Å². The maximum Gasteiger partial charge on any atom is 0.272 e. The number of nitro groups is 1. The fraction of sp³-hybridized carbons (Fsp3) is 0. The summed E-state index contributed by atoms with van der Waals surface area (Å²) < 4.78 is 12.9. The molecule has 3 rings (SSSR count). The number of nitro benzene ring substituents is 1. The third kappa shape index (κ3) is 2.87. The Bertz CT molecular complexity index is 804. The zero-order chi connectivity index (χ0) is 15.5. The molecule has 0 aliphatic rings. The minimum absolute atomic E-state index is 0.119. The molecule has 0 fully saturated rings. The second-order valence-corrected chi connectivity index (χ2v) is 4.39. The summed E-state index contributed by atoms with van der Waals surface area (Å²) >= 11 is 0. The van der Waals surface area contributed by atoms with Gasteiger partial charge in [-0.15, -0.1) is 10.2 Å². The van der Waals surface area contributed by atoms with E-state index in [1.165, 1.54) is 36.4 Å². The van der Waals surface area contributed by atoms with Gasteiger partial charge >= 0.3 is 0 Å². The number of non-ortho nitro benzene ring substituents is 1. The van der Waals surface area contributed by atoms with E-state index in [9.17, 15) is 14.5 Å². The van der Waals surface area contributed by atoms with Crippen molar-refractivity contribution in [3.63, 3.8) is 0 Å². The van der Waals surface area contributed by atoms with E-state index in [1.807, 2.05) is 0 Å². The van der Waals surface area contributed by atoms with Crippen LogP contribution in [0.25, 0.3) is 11.4 Å². The average Bonchev–Trinajstić information content (AvgIpc) is 3.04. The number of benzene rings is 2. The van der Waals surface area contributed by atoms with Gasteiger partial charge in [0, 0.05) is 29.1 Å². The van der Waals surface area contributed by atoms with Crippen LogP contribution in [0.1, 0.15) is 0 Å². The van der Waals surface area contributed by atoms with Crippen molar-refractivity contribution < 1.29 is 9.31 Å². The Labute approximate surface area is 123 Å². The first-order valence-electron chi connectivity index (χ1n) is 6.18. The second-order valence-electron chi connectivity index (χ2n) is 4.39. The van der Waals surface area contributed by atoms with Crippen molar-refractivity contribution in [2.24, 2.45) is 0 Å². The van der Waals surface area contributed by atoms with Gasteiger partial charge in [0.25, 0.3) is 5.69 Å². The number of hydrogen-bond acceptors (Lipinski definition) is 6. The van der Waals surface area contributed by atoms with Gasteiger partial charge in [-0.1, -0.05) is 0 Å². The molecule has 22 heavy (non-hydrogen) atoms. The number of nitrogens with one attached hydrogen (secondary N) is 2. The Morgan fingerprint density at radius 1 is 1.14 bits per heavy atom. The van der Waals surface area contributed by atoms with Gasteiger partial charge in [0.2, 0.25) is 5.82 Å². The Morgan fingerprint density at radius 2 is 1.91 bits per heavy atom. The highest BCUT2D eigenvalue weighted by Crippen LogP contribution is 2.28. The first-order valence-corrected chi connectivity index (χ1v) is 6.18. The lowest BCUT2D eigenvalue weighted by Crippen LogP contribution is -1.95. The van der Waals surface area contributed by atoms with E-state index in [4.69, 9.17) is 0 Å². The van der Waals surface area contributed by atoms with Crippen molar-refractivity contribution in [3.05, 3.63) is 58.4 Å². The fourth-order valence-corrected chi connectivity index (χ4v) is 1.90. The van der Waals surface area contributed by atoms with Crippen molar-refractivity contribution in [1.29, 1.82) is 0 Å². The molecule has 0 unspecified atom stereocenters. The topological polar surface area (TPSA) is 110 Å². The lowest BCUT2D eigenvalue weighted by Gasteiger charge is -2.07. The van der Waals surface area contributed by atoms with Gasteiger partial charge in [0.05, 0.1) is 4.92 Å². The van der Waals surface area contributed by atoms with Crippen LogP contribution in [0.2, 0.25) is 0 Å². The first kappa shape index (κ1) is 13.6. The predicted octanol–water partition coefficient (Wildman–Crippen LogP) is 2.66. The molecule has 0 atom stereocenters. The highest BCUT2D eigenvalue weighted by molar-refractivity contribution is 5.70. The fourth-order valence-electron chi connectivity index (χ4n) is 1.90. The third-order valence-electron chi connectivity index (χ3n) is 2.87. The summed E-state index contributed by atoms with van der Waals surface area (Å²) in [6, 6.07) is 10.00. The summed E-state index contributed by atoms with van der Waals surface area (Å²) in [5.74, 6) is -0.122. The number of H-pyrrole nitrogens is 1. The zero-order valence-corrected chi connectivity index (χ0v) is 11.0. The number of halogens is 1. The van der Waals surface area contributed by atoms with Crippen LogP contribution in [0.15, 0.2) is 42.5 Å². The van der Waals surface area contributed by atoms with Crippen LogP contribution >= 0.6 is 0 Å².